The lowest BCUT2D eigenvalue weighted by atomic mass is 10.1. The van der Waals surface area contributed by atoms with E-state index in [1.54, 1.807) is 6.20 Å². The lowest BCUT2D eigenvalue weighted by molar-refractivity contribution is 0.0940. The Labute approximate surface area is 141 Å². The van der Waals surface area contributed by atoms with Crippen LogP contribution in [-0.4, -0.2) is 22.7 Å². The highest BCUT2D eigenvalue weighted by Crippen LogP contribution is 2.30. The maximum absolute atomic E-state index is 12.5. The van der Waals surface area contributed by atoms with E-state index in [2.05, 4.69) is 17.2 Å². The largest absolute Gasteiger partial charge is 0.349 e. The van der Waals surface area contributed by atoms with Crippen molar-refractivity contribution in [1.82, 2.24) is 10.3 Å². The molecule has 0 aromatic carbocycles. The Morgan fingerprint density at radius 2 is 2.09 bits per heavy atom. The summed E-state index contributed by atoms with van der Waals surface area (Å²) < 4.78 is 0. The second kappa shape index (κ2) is 7.68. The molecule has 2 aromatic rings. The van der Waals surface area contributed by atoms with E-state index >= 15 is 0 Å². The van der Waals surface area contributed by atoms with Gasteiger partial charge in [-0.25, -0.2) is 4.98 Å². The number of nitrogens with zero attached hydrogens (tertiary/aromatic N) is 1. The maximum Gasteiger partial charge on any atom is 0.261 e. The van der Waals surface area contributed by atoms with Gasteiger partial charge in [-0.05, 0) is 38.8 Å². The van der Waals surface area contributed by atoms with E-state index in [-0.39, 0.29) is 17.7 Å². The van der Waals surface area contributed by atoms with Crippen LogP contribution in [0, 0.1) is 6.92 Å². The van der Waals surface area contributed by atoms with Crippen molar-refractivity contribution in [3.05, 3.63) is 28.3 Å². The predicted molar refractivity (Wildman–Crippen MR) is 95.4 cm³/mol. The number of hydrogen-bond acceptors (Lipinski definition) is 4. The standard InChI is InChI=1S/C18H24N2O2S/c1-5-6-7-8-11(2)20-17(22)16-12(3)15-9-14(13(4)21)10-19-18(15)23-16/h9-11H,5-8H2,1-4H3,(H,20,22). The fraction of sp³-hybridized carbons (Fsp3) is 0.500. The molecule has 0 saturated heterocycles. The number of thiophene rings is 1. The molecule has 0 saturated carbocycles. The number of aromatic nitrogens is 1. The minimum atomic E-state index is -0.0427. The van der Waals surface area contributed by atoms with Crippen LogP contribution in [0.4, 0.5) is 0 Å². The Balaban J connectivity index is 2.17. The number of carbonyl (C=O) groups is 2. The van der Waals surface area contributed by atoms with Crippen LogP contribution in [0.5, 0.6) is 0 Å². The number of hydrogen-bond donors (Lipinski definition) is 1. The molecule has 1 atom stereocenters. The molecule has 1 amide bonds. The number of nitrogens with one attached hydrogen (secondary N) is 1. The number of fused-ring (bicyclic) bond motifs is 1. The lowest BCUT2D eigenvalue weighted by Gasteiger charge is -2.13. The third-order valence-electron chi connectivity index (χ3n) is 4.03. The van der Waals surface area contributed by atoms with E-state index in [0.717, 1.165) is 28.6 Å². The highest BCUT2D eigenvalue weighted by atomic mass is 32.1. The van der Waals surface area contributed by atoms with Crippen LogP contribution in [0.3, 0.4) is 0 Å². The van der Waals surface area contributed by atoms with E-state index in [9.17, 15) is 9.59 Å². The fourth-order valence-electron chi connectivity index (χ4n) is 2.57. The molecule has 0 aliphatic rings. The van der Waals surface area contributed by atoms with Crippen molar-refractivity contribution in [3.63, 3.8) is 0 Å². The summed E-state index contributed by atoms with van der Waals surface area (Å²) in [6, 6.07) is 2.00. The number of carbonyl (C=O) groups excluding carboxylic acids is 2. The molecule has 4 nitrogen and oxygen atoms in total. The van der Waals surface area contributed by atoms with Gasteiger partial charge in [0.1, 0.15) is 4.83 Å². The van der Waals surface area contributed by atoms with Gasteiger partial charge in [0.05, 0.1) is 4.88 Å². The normalized spacial score (nSPS) is 12.3. The Kier molecular flexibility index (Phi) is 5.88. The van der Waals surface area contributed by atoms with Gasteiger partial charge in [-0.2, -0.15) is 0 Å². The summed E-state index contributed by atoms with van der Waals surface area (Å²) in [6.45, 7) is 7.66. The minimum Gasteiger partial charge on any atom is -0.349 e. The maximum atomic E-state index is 12.5. The SMILES string of the molecule is CCCCCC(C)NC(=O)c1sc2ncc(C(C)=O)cc2c1C. The molecule has 0 aliphatic heterocycles. The van der Waals surface area contributed by atoms with Crippen LogP contribution in [0.15, 0.2) is 12.3 Å². The van der Waals surface area contributed by atoms with Gasteiger partial charge in [-0.15, -0.1) is 11.3 Å². The highest BCUT2D eigenvalue weighted by Gasteiger charge is 2.18. The van der Waals surface area contributed by atoms with Crippen molar-refractivity contribution in [2.24, 2.45) is 0 Å². The summed E-state index contributed by atoms with van der Waals surface area (Å²) in [5.41, 5.74) is 1.48. The third-order valence-corrected chi connectivity index (χ3v) is 5.24. The Morgan fingerprint density at radius 3 is 2.74 bits per heavy atom. The van der Waals surface area contributed by atoms with E-state index in [0.29, 0.717) is 10.4 Å². The molecule has 0 bridgehead atoms. The second-order valence-corrected chi connectivity index (χ2v) is 7.06. The zero-order valence-corrected chi connectivity index (χ0v) is 15.0. The van der Waals surface area contributed by atoms with E-state index in [1.807, 2.05) is 19.9 Å². The van der Waals surface area contributed by atoms with Gasteiger partial charge in [0.2, 0.25) is 0 Å². The quantitative estimate of drug-likeness (QED) is 0.599. The van der Waals surface area contributed by atoms with Crippen LogP contribution in [0.2, 0.25) is 0 Å². The molecule has 2 heterocycles. The second-order valence-electron chi connectivity index (χ2n) is 6.06. The predicted octanol–water partition coefficient (Wildman–Crippen LogP) is 4.51. The zero-order chi connectivity index (χ0) is 17.0. The summed E-state index contributed by atoms with van der Waals surface area (Å²) in [4.78, 5) is 29.8. The summed E-state index contributed by atoms with van der Waals surface area (Å²) in [5, 5.41) is 3.97. The third kappa shape index (κ3) is 4.16. The number of amides is 1. The van der Waals surface area contributed by atoms with Crippen molar-refractivity contribution >= 4 is 33.2 Å². The molecule has 0 fully saturated rings. The molecule has 2 rings (SSSR count). The van der Waals surface area contributed by atoms with Gasteiger partial charge in [-0.1, -0.05) is 26.2 Å². The number of aryl methyl sites for hydroxylation is 1. The van der Waals surface area contributed by atoms with Crippen LogP contribution in [0.1, 0.15) is 72.0 Å². The molecule has 0 aliphatic carbocycles. The van der Waals surface area contributed by atoms with Gasteiger partial charge in [0, 0.05) is 23.2 Å². The number of pyridine rings is 1. The van der Waals surface area contributed by atoms with Crippen molar-refractivity contribution < 1.29 is 9.59 Å². The fourth-order valence-corrected chi connectivity index (χ4v) is 3.60. The summed E-state index contributed by atoms with van der Waals surface area (Å²) >= 11 is 1.39. The monoisotopic (exact) mass is 332 g/mol. The Bertz CT molecular complexity index is 721. The van der Waals surface area contributed by atoms with Crippen LogP contribution in [-0.2, 0) is 0 Å². The molecule has 0 spiro atoms. The summed E-state index contributed by atoms with van der Waals surface area (Å²) in [6.07, 6.45) is 6.08. The van der Waals surface area contributed by atoms with Crippen LogP contribution in [0.25, 0.3) is 10.2 Å². The number of ketones is 1. The molecule has 1 unspecified atom stereocenters. The summed E-state index contributed by atoms with van der Waals surface area (Å²) in [5.74, 6) is -0.0561. The topological polar surface area (TPSA) is 59.1 Å². The molecule has 23 heavy (non-hydrogen) atoms. The van der Waals surface area contributed by atoms with Crippen LogP contribution >= 0.6 is 11.3 Å². The average Bonchev–Trinajstić information content (AvgIpc) is 2.84. The van der Waals surface area contributed by atoms with Crippen molar-refractivity contribution in [3.8, 4) is 0 Å². The zero-order valence-electron chi connectivity index (χ0n) is 14.2. The molecule has 0 radical (unpaired) electrons. The first-order chi connectivity index (χ1) is 10.9. The Hall–Kier alpha value is -1.75. The van der Waals surface area contributed by atoms with Crippen LogP contribution < -0.4 is 5.32 Å². The first kappa shape index (κ1) is 17.6. The number of unbranched alkanes of at least 4 members (excludes halogenated alkanes) is 2. The van der Waals surface area contributed by atoms with E-state index < -0.39 is 0 Å². The Morgan fingerprint density at radius 1 is 1.35 bits per heavy atom. The van der Waals surface area contributed by atoms with Gasteiger partial charge in [0.25, 0.3) is 5.91 Å². The molecule has 124 valence electrons. The highest BCUT2D eigenvalue weighted by molar-refractivity contribution is 7.20. The molecule has 1 N–H and O–H groups in total. The average molecular weight is 332 g/mol. The van der Waals surface area contributed by atoms with E-state index in [1.165, 1.54) is 31.1 Å². The minimum absolute atomic E-state index is 0.0134. The molecule has 2 aromatic heterocycles. The molecule has 5 heteroatoms. The first-order valence-electron chi connectivity index (χ1n) is 8.15. The first-order valence-corrected chi connectivity index (χ1v) is 8.96. The van der Waals surface area contributed by atoms with Gasteiger partial charge in [0.15, 0.2) is 5.78 Å². The van der Waals surface area contributed by atoms with Crippen molar-refractivity contribution in [2.45, 2.75) is 59.4 Å². The van der Waals surface area contributed by atoms with Gasteiger partial charge < -0.3 is 5.32 Å². The molecular formula is C18H24N2O2S. The van der Waals surface area contributed by atoms with Gasteiger partial charge in [-0.3, -0.25) is 9.59 Å². The van der Waals surface area contributed by atoms with Crippen molar-refractivity contribution in [2.75, 3.05) is 0 Å². The van der Waals surface area contributed by atoms with Gasteiger partial charge >= 0.3 is 0 Å². The number of Topliss-reactive ketones (excluding diaryl/α,β-unsaturated/α-hetero) is 1. The summed E-state index contributed by atoms with van der Waals surface area (Å²) in [7, 11) is 0. The number of rotatable bonds is 7. The van der Waals surface area contributed by atoms with E-state index in [4.69, 9.17) is 0 Å². The molecular weight excluding hydrogens is 308 g/mol. The lowest BCUT2D eigenvalue weighted by Crippen LogP contribution is -2.32. The smallest absolute Gasteiger partial charge is 0.261 e. The van der Waals surface area contributed by atoms with Crippen molar-refractivity contribution in [1.29, 1.82) is 0 Å².